The number of methoxy groups -OCH3 is 1. The Kier molecular flexibility index (Phi) is 5.66. The van der Waals surface area contributed by atoms with Crippen molar-refractivity contribution in [3.05, 3.63) is 48.5 Å². The molecule has 24 heavy (non-hydrogen) atoms. The molecule has 2 rings (SSSR count). The first-order chi connectivity index (χ1) is 11.2. The van der Waals surface area contributed by atoms with Crippen molar-refractivity contribution in [1.82, 2.24) is 0 Å². The van der Waals surface area contributed by atoms with Gasteiger partial charge in [0.1, 0.15) is 5.75 Å². The highest BCUT2D eigenvalue weighted by Crippen LogP contribution is 2.33. The first-order valence-electron chi connectivity index (χ1n) is 6.67. The minimum Gasteiger partial charge on any atom is -0.497 e. The number of halogens is 3. The van der Waals surface area contributed by atoms with Crippen LogP contribution in [0.4, 0.5) is 18.9 Å². The van der Waals surface area contributed by atoms with Gasteiger partial charge in [0.25, 0.3) is 10.0 Å². The zero-order chi connectivity index (χ0) is 17.8. The molecule has 0 saturated carbocycles. The van der Waals surface area contributed by atoms with E-state index in [0.717, 1.165) is 0 Å². The Morgan fingerprint density at radius 3 is 2.29 bits per heavy atom. The van der Waals surface area contributed by atoms with Gasteiger partial charge in [0, 0.05) is 4.90 Å². The zero-order valence-corrected chi connectivity index (χ0v) is 14.1. The molecule has 0 unspecified atom stereocenters. The largest absolute Gasteiger partial charge is 0.497 e. The summed E-state index contributed by atoms with van der Waals surface area (Å²) in [6.45, 7) is 0. The van der Waals surface area contributed by atoms with Crippen molar-refractivity contribution in [3.8, 4) is 5.75 Å². The molecule has 0 aliphatic carbocycles. The molecule has 4 nitrogen and oxygen atoms in total. The minimum absolute atomic E-state index is 0.0149. The highest BCUT2D eigenvalue weighted by atomic mass is 32.2. The van der Waals surface area contributed by atoms with Crippen molar-refractivity contribution in [1.29, 1.82) is 0 Å². The van der Waals surface area contributed by atoms with Gasteiger partial charge in [-0.25, -0.2) is 8.42 Å². The van der Waals surface area contributed by atoms with Crippen LogP contribution in [0.15, 0.2) is 58.3 Å². The normalized spacial score (nSPS) is 12.0. The van der Waals surface area contributed by atoms with Crippen LogP contribution in [0, 0.1) is 0 Å². The quantitative estimate of drug-likeness (QED) is 0.769. The van der Waals surface area contributed by atoms with E-state index in [1.165, 1.54) is 43.5 Å². The van der Waals surface area contributed by atoms with Gasteiger partial charge in [-0.3, -0.25) is 4.72 Å². The number of nitrogens with one attached hydrogen (secondary N) is 1. The molecular formula is C15H14F3NO3S2. The fraction of sp³-hybridized carbons (Fsp3) is 0.200. The maximum Gasteiger partial charge on any atom is 0.398 e. The molecule has 0 heterocycles. The molecule has 0 saturated heterocycles. The Hall–Kier alpha value is -1.87. The van der Waals surface area contributed by atoms with Crippen molar-refractivity contribution in [3.63, 3.8) is 0 Å². The van der Waals surface area contributed by atoms with E-state index in [9.17, 15) is 21.6 Å². The van der Waals surface area contributed by atoms with Crippen LogP contribution in [0.1, 0.15) is 0 Å². The Balaban J connectivity index is 2.22. The van der Waals surface area contributed by atoms with Gasteiger partial charge in [-0.1, -0.05) is 12.1 Å². The summed E-state index contributed by atoms with van der Waals surface area (Å²) in [7, 11) is -2.46. The van der Waals surface area contributed by atoms with Gasteiger partial charge in [0.15, 0.2) is 0 Å². The molecule has 0 radical (unpaired) electrons. The van der Waals surface area contributed by atoms with Gasteiger partial charge in [0.05, 0.1) is 23.4 Å². The topological polar surface area (TPSA) is 55.4 Å². The second-order valence-electron chi connectivity index (χ2n) is 4.68. The molecule has 0 fully saturated rings. The molecule has 2 aromatic rings. The lowest BCUT2D eigenvalue weighted by molar-refractivity contribution is -0.105. The molecule has 0 aromatic heterocycles. The Bertz CT molecular complexity index is 790. The highest BCUT2D eigenvalue weighted by molar-refractivity contribution is 7.99. The summed E-state index contributed by atoms with van der Waals surface area (Å²) in [6, 6.07) is 11.6. The molecule has 0 amide bonds. The number of ether oxygens (including phenoxy) is 1. The van der Waals surface area contributed by atoms with E-state index in [-0.39, 0.29) is 15.5 Å². The van der Waals surface area contributed by atoms with Crippen LogP contribution >= 0.6 is 11.8 Å². The minimum atomic E-state index is -4.34. The van der Waals surface area contributed by atoms with Crippen molar-refractivity contribution in [2.75, 3.05) is 17.6 Å². The van der Waals surface area contributed by atoms with Crippen molar-refractivity contribution in [2.45, 2.75) is 16.0 Å². The number of para-hydroxylation sites is 1. The fourth-order valence-corrected chi connectivity index (χ4v) is 3.71. The maximum atomic E-state index is 12.4. The summed E-state index contributed by atoms with van der Waals surface area (Å²) in [5.41, 5.74) is 0.0996. The van der Waals surface area contributed by atoms with E-state index in [1.807, 2.05) is 0 Å². The average molecular weight is 377 g/mol. The number of rotatable bonds is 6. The number of thioether (sulfide) groups is 1. The standard InChI is InChI=1S/C15H14F3NO3S2/c1-22-11-6-8-12(9-7-11)24(20,21)19-13-4-2-3-5-14(13)23-10-15(16,17)18/h2-9,19H,10H2,1H3. The van der Waals surface area contributed by atoms with Gasteiger partial charge in [-0.2, -0.15) is 13.2 Å². The van der Waals surface area contributed by atoms with Gasteiger partial charge in [-0.15, -0.1) is 11.8 Å². The molecular weight excluding hydrogens is 363 g/mol. The SMILES string of the molecule is COc1ccc(S(=O)(=O)Nc2ccccc2SCC(F)(F)F)cc1. The first-order valence-corrected chi connectivity index (χ1v) is 9.13. The predicted octanol–water partition coefficient (Wildman–Crippen LogP) is 4.15. The van der Waals surface area contributed by atoms with Gasteiger partial charge in [-0.05, 0) is 36.4 Å². The Morgan fingerprint density at radius 2 is 1.71 bits per heavy atom. The molecule has 0 bridgehead atoms. The smallest absolute Gasteiger partial charge is 0.398 e. The summed E-state index contributed by atoms with van der Waals surface area (Å²) >= 11 is 0.524. The molecule has 0 aliphatic heterocycles. The third-order valence-electron chi connectivity index (χ3n) is 2.89. The van der Waals surface area contributed by atoms with Crippen LogP contribution in [-0.2, 0) is 10.0 Å². The van der Waals surface area contributed by atoms with Crippen molar-refractivity contribution >= 4 is 27.5 Å². The molecule has 1 N–H and O–H groups in total. The summed E-state index contributed by atoms with van der Waals surface area (Å²) < 4.78 is 69.1. The summed E-state index contributed by atoms with van der Waals surface area (Å²) in [6.07, 6.45) is -4.34. The lowest BCUT2D eigenvalue weighted by atomic mass is 10.3. The number of anilines is 1. The number of benzene rings is 2. The van der Waals surface area contributed by atoms with Crippen LogP contribution in [0.25, 0.3) is 0 Å². The number of alkyl halides is 3. The van der Waals surface area contributed by atoms with E-state index in [1.54, 1.807) is 12.1 Å². The van der Waals surface area contributed by atoms with Crippen LogP contribution in [0.3, 0.4) is 0 Å². The third kappa shape index (κ3) is 5.07. The zero-order valence-electron chi connectivity index (χ0n) is 12.5. The lowest BCUT2D eigenvalue weighted by Gasteiger charge is -2.13. The molecule has 2 aromatic carbocycles. The Morgan fingerprint density at radius 1 is 1.08 bits per heavy atom. The monoisotopic (exact) mass is 377 g/mol. The van der Waals surface area contributed by atoms with Gasteiger partial charge < -0.3 is 4.74 Å². The number of hydrogen-bond donors (Lipinski definition) is 1. The third-order valence-corrected chi connectivity index (χ3v) is 5.41. The van der Waals surface area contributed by atoms with Crippen LogP contribution in [-0.4, -0.2) is 27.5 Å². The van der Waals surface area contributed by atoms with Crippen molar-refractivity contribution in [2.24, 2.45) is 0 Å². The van der Waals surface area contributed by atoms with Crippen LogP contribution in [0.5, 0.6) is 5.75 Å². The summed E-state index contributed by atoms with van der Waals surface area (Å²) in [5.74, 6) is -0.607. The molecule has 0 spiro atoms. The molecule has 0 aliphatic rings. The molecule has 0 atom stereocenters. The van der Waals surface area contributed by atoms with Crippen molar-refractivity contribution < 1.29 is 26.3 Å². The van der Waals surface area contributed by atoms with Gasteiger partial charge in [0.2, 0.25) is 0 Å². The second kappa shape index (κ2) is 7.35. The average Bonchev–Trinajstić information content (AvgIpc) is 2.53. The maximum absolute atomic E-state index is 12.4. The van der Waals surface area contributed by atoms with E-state index < -0.39 is 22.0 Å². The summed E-state index contributed by atoms with van der Waals surface area (Å²) in [5, 5.41) is 0. The van der Waals surface area contributed by atoms with Crippen LogP contribution < -0.4 is 9.46 Å². The number of hydrogen-bond acceptors (Lipinski definition) is 4. The van der Waals surface area contributed by atoms with E-state index >= 15 is 0 Å². The lowest BCUT2D eigenvalue weighted by Crippen LogP contribution is -2.14. The fourth-order valence-electron chi connectivity index (χ4n) is 1.79. The van der Waals surface area contributed by atoms with Gasteiger partial charge >= 0.3 is 6.18 Å². The highest BCUT2D eigenvalue weighted by Gasteiger charge is 2.28. The summed E-state index contributed by atoms with van der Waals surface area (Å²) in [4.78, 5) is 0.186. The van der Waals surface area contributed by atoms with E-state index in [2.05, 4.69) is 4.72 Å². The molecule has 9 heteroatoms. The first kappa shape index (κ1) is 18.5. The Labute approximate surface area is 142 Å². The van der Waals surface area contributed by atoms with E-state index in [4.69, 9.17) is 4.74 Å². The predicted molar refractivity (Wildman–Crippen MR) is 87.0 cm³/mol. The van der Waals surface area contributed by atoms with E-state index in [0.29, 0.717) is 17.5 Å². The molecule has 130 valence electrons. The number of sulfonamides is 1. The second-order valence-corrected chi connectivity index (χ2v) is 7.38. The van der Waals surface area contributed by atoms with Crippen LogP contribution in [0.2, 0.25) is 0 Å².